The van der Waals surface area contributed by atoms with Gasteiger partial charge in [0.25, 0.3) is 0 Å². The summed E-state index contributed by atoms with van der Waals surface area (Å²) < 4.78 is 6.33. The van der Waals surface area contributed by atoms with E-state index in [0.717, 1.165) is 65.8 Å². The molecule has 196 valence electrons. The number of benzene rings is 3. The Morgan fingerprint density at radius 1 is 1.00 bits per heavy atom. The minimum atomic E-state index is -0.205. The number of rotatable bonds is 7. The minimum Gasteiger partial charge on any atom is -0.489 e. The van der Waals surface area contributed by atoms with Crippen LogP contribution in [0.4, 0.5) is 16.2 Å². The highest BCUT2D eigenvalue weighted by molar-refractivity contribution is 6.14. The molecule has 0 unspecified atom stereocenters. The van der Waals surface area contributed by atoms with E-state index in [0.29, 0.717) is 17.9 Å². The van der Waals surface area contributed by atoms with Crippen LogP contribution in [0.15, 0.2) is 71.8 Å². The van der Waals surface area contributed by atoms with Gasteiger partial charge in [0.15, 0.2) is 0 Å². The van der Waals surface area contributed by atoms with Crippen molar-refractivity contribution >= 4 is 29.4 Å². The van der Waals surface area contributed by atoms with Gasteiger partial charge in [0.1, 0.15) is 18.6 Å². The van der Waals surface area contributed by atoms with Crippen molar-refractivity contribution in [3.63, 3.8) is 0 Å². The molecule has 0 aromatic heterocycles. The molecule has 2 amide bonds. The molecule has 5 rings (SSSR count). The van der Waals surface area contributed by atoms with Crippen molar-refractivity contribution in [2.45, 2.75) is 65.5 Å². The molecule has 6 heteroatoms. The van der Waals surface area contributed by atoms with Gasteiger partial charge < -0.3 is 4.74 Å². The number of hydrazone groups is 1. The molecule has 0 atom stereocenters. The first-order valence-electron chi connectivity index (χ1n) is 13.5. The number of hydrogen-bond acceptors (Lipinski definition) is 4. The van der Waals surface area contributed by atoms with Crippen LogP contribution in [0.25, 0.3) is 0 Å². The molecular weight excluding hydrogens is 474 g/mol. The van der Waals surface area contributed by atoms with Crippen LogP contribution in [0.3, 0.4) is 0 Å². The van der Waals surface area contributed by atoms with Gasteiger partial charge in [0.05, 0.1) is 23.1 Å². The molecule has 0 radical (unpaired) electrons. The molecule has 3 aromatic carbocycles. The van der Waals surface area contributed by atoms with Crippen LogP contribution in [0.5, 0.6) is 5.75 Å². The molecule has 1 heterocycles. The number of hydrogen-bond donors (Lipinski definition) is 0. The molecule has 0 bridgehead atoms. The Balaban J connectivity index is 1.65. The lowest BCUT2D eigenvalue weighted by molar-refractivity contribution is 0.112. The maximum absolute atomic E-state index is 14.1. The summed E-state index contributed by atoms with van der Waals surface area (Å²) in [7, 11) is 0. The first-order chi connectivity index (χ1) is 18.5. The Morgan fingerprint density at radius 3 is 2.37 bits per heavy atom. The van der Waals surface area contributed by atoms with Gasteiger partial charge in [-0.15, -0.1) is 0 Å². The molecular formula is C32H35N3O3. The van der Waals surface area contributed by atoms with Gasteiger partial charge in [-0.25, -0.2) is 9.80 Å². The minimum absolute atomic E-state index is 0.123. The lowest BCUT2D eigenvalue weighted by atomic mass is 9.82. The third kappa shape index (κ3) is 5.21. The van der Waals surface area contributed by atoms with Gasteiger partial charge in [0, 0.05) is 17.0 Å². The van der Waals surface area contributed by atoms with Gasteiger partial charge in [-0.1, -0.05) is 49.6 Å². The number of ether oxygens (including phenoxy) is 1. The largest absolute Gasteiger partial charge is 0.489 e. The quantitative estimate of drug-likeness (QED) is 0.307. The summed E-state index contributed by atoms with van der Waals surface area (Å²) in [4.78, 5) is 27.1. The lowest BCUT2D eigenvalue weighted by Crippen LogP contribution is -2.41. The monoisotopic (exact) mass is 509 g/mol. The molecule has 0 N–H and O–H groups in total. The third-order valence-electron chi connectivity index (χ3n) is 7.42. The highest BCUT2D eigenvalue weighted by atomic mass is 16.5. The predicted octanol–water partition coefficient (Wildman–Crippen LogP) is 7.65. The predicted molar refractivity (Wildman–Crippen MR) is 151 cm³/mol. The first-order valence-corrected chi connectivity index (χ1v) is 13.5. The molecule has 6 nitrogen and oxygen atoms in total. The summed E-state index contributed by atoms with van der Waals surface area (Å²) in [5.74, 6) is 1.07. The topological polar surface area (TPSA) is 62.2 Å². The van der Waals surface area contributed by atoms with Crippen molar-refractivity contribution in [2.24, 2.45) is 11.0 Å². The standard InChI is InChI=1S/C32H35N3O3/c1-22(2)35-32(37)34(27-16-14-24(20-36)15-17-27)29-18-23(3)30(38-21-25-10-6-4-7-11-25)19-28(29)31(33-35)26-12-8-5-9-13-26/h4,6-7,10-11,14-20,22,26H,5,8-9,12-13,21H2,1-3H3. The zero-order valence-electron chi connectivity index (χ0n) is 22.4. The number of carbonyl (C=O) groups is 2. The molecule has 1 saturated carbocycles. The molecule has 2 aliphatic rings. The van der Waals surface area contributed by atoms with Crippen molar-refractivity contribution in [3.05, 3.63) is 89.0 Å². The number of aryl methyl sites for hydroxylation is 1. The number of urea groups is 1. The number of aldehydes is 1. The fourth-order valence-electron chi connectivity index (χ4n) is 5.34. The fourth-order valence-corrected chi connectivity index (χ4v) is 5.34. The molecule has 3 aromatic rings. The normalized spacial score (nSPS) is 16.2. The summed E-state index contributed by atoms with van der Waals surface area (Å²) in [6, 6.07) is 21.0. The van der Waals surface area contributed by atoms with Crippen molar-refractivity contribution in [1.29, 1.82) is 0 Å². The van der Waals surface area contributed by atoms with E-state index in [4.69, 9.17) is 9.84 Å². The van der Waals surface area contributed by atoms with Gasteiger partial charge in [-0.2, -0.15) is 5.10 Å². The second-order valence-corrected chi connectivity index (χ2v) is 10.5. The highest BCUT2D eigenvalue weighted by Crippen LogP contribution is 2.41. The zero-order chi connectivity index (χ0) is 26.6. The summed E-state index contributed by atoms with van der Waals surface area (Å²) in [6.07, 6.45) is 6.48. The van der Waals surface area contributed by atoms with Gasteiger partial charge in [-0.3, -0.25) is 9.69 Å². The number of nitrogens with zero attached hydrogens (tertiary/aromatic N) is 3. The maximum atomic E-state index is 14.1. The molecule has 0 spiro atoms. The van der Waals surface area contributed by atoms with Crippen LogP contribution >= 0.6 is 0 Å². The lowest BCUT2D eigenvalue weighted by Gasteiger charge is -2.29. The first kappa shape index (κ1) is 25.7. The molecule has 1 aliphatic carbocycles. The van der Waals surface area contributed by atoms with Crippen LogP contribution in [-0.2, 0) is 6.61 Å². The Labute approximate surface area is 224 Å². The maximum Gasteiger partial charge on any atom is 0.349 e. The van der Waals surface area contributed by atoms with E-state index >= 15 is 0 Å². The van der Waals surface area contributed by atoms with Gasteiger partial charge in [0.2, 0.25) is 0 Å². The molecule has 0 saturated heterocycles. The second-order valence-electron chi connectivity index (χ2n) is 10.5. The van der Waals surface area contributed by atoms with Crippen molar-refractivity contribution in [1.82, 2.24) is 5.01 Å². The second kappa shape index (κ2) is 11.2. The summed E-state index contributed by atoms with van der Waals surface area (Å²) in [5, 5.41) is 6.68. The van der Waals surface area contributed by atoms with Crippen LogP contribution in [0.2, 0.25) is 0 Å². The Morgan fingerprint density at radius 2 is 1.71 bits per heavy atom. The molecule has 1 aliphatic heterocycles. The Kier molecular flexibility index (Phi) is 7.59. The van der Waals surface area contributed by atoms with E-state index in [2.05, 4.69) is 18.2 Å². The Hall–Kier alpha value is -3.93. The Bertz CT molecular complexity index is 1330. The summed E-state index contributed by atoms with van der Waals surface area (Å²) in [5.41, 5.74) is 6.00. The van der Waals surface area contributed by atoms with E-state index < -0.39 is 0 Å². The van der Waals surface area contributed by atoms with E-state index in [1.165, 1.54) is 6.42 Å². The fraction of sp³-hybridized carbons (Fsp3) is 0.344. The number of carbonyl (C=O) groups excluding carboxylic acids is 2. The summed E-state index contributed by atoms with van der Waals surface area (Å²) >= 11 is 0. The number of amides is 2. The zero-order valence-corrected chi connectivity index (χ0v) is 22.4. The van der Waals surface area contributed by atoms with Crippen LogP contribution < -0.4 is 9.64 Å². The SMILES string of the molecule is Cc1cc2c(cc1OCc1ccccc1)C(C1CCCCC1)=NN(C(C)C)C(=O)N2c1ccc(C=O)cc1. The summed E-state index contributed by atoms with van der Waals surface area (Å²) in [6.45, 7) is 6.46. The number of anilines is 2. The van der Waals surface area contributed by atoms with Crippen LogP contribution in [0.1, 0.15) is 73.0 Å². The highest BCUT2D eigenvalue weighted by Gasteiger charge is 2.35. The van der Waals surface area contributed by atoms with E-state index in [1.807, 2.05) is 57.2 Å². The van der Waals surface area contributed by atoms with Crippen molar-refractivity contribution < 1.29 is 14.3 Å². The van der Waals surface area contributed by atoms with Crippen molar-refractivity contribution in [3.8, 4) is 5.75 Å². The average Bonchev–Trinajstić information content (AvgIpc) is 3.06. The van der Waals surface area contributed by atoms with E-state index in [9.17, 15) is 9.59 Å². The van der Waals surface area contributed by atoms with E-state index in [1.54, 1.807) is 22.0 Å². The van der Waals surface area contributed by atoms with Gasteiger partial charge >= 0.3 is 6.03 Å². The van der Waals surface area contributed by atoms with Crippen molar-refractivity contribution in [2.75, 3.05) is 4.90 Å². The van der Waals surface area contributed by atoms with Crippen LogP contribution in [0, 0.1) is 12.8 Å². The average molecular weight is 510 g/mol. The molecule has 1 fully saturated rings. The van der Waals surface area contributed by atoms with E-state index in [-0.39, 0.29) is 18.0 Å². The number of fused-ring (bicyclic) bond motifs is 1. The smallest absolute Gasteiger partial charge is 0.349 e. The van der Waals surface area contributed by atoms with Gasteiger partial charge in [-0.05, 0) is 81.1 Å². The van der Waals surface area contributed by atoms with Crippen LogP contribution in [-0.4, -0.2) is 29.1 Å². The molecule has 38 heavy (non-hydrogen) atoms. The third-order valence-corrected chi connectivity index (χ3v) is 7.42.